The lowest BCUT2D eigenvalue weighted by atomic mass is 10.0. The van der Waals surface area contributed by atoms with Gasteiger partial charge in [0.15, 0.2) is 0 Å². The number of allylic oxidation sites excluding steroid dienone is 1. The molecule has 5 nitrogen and oxygen atoms in total. The Morgan fingerprint density at radius 2 is 2.17 bits per heavy atom. The zero-order valence-corrected chi connectivity index (χ0v) is 17.9. The van der Waals surface area contributed by atoms with Crippen molar-refractivity contribution in [2.45, 2.75) is 45.1 Å². The van der Waals surface area contributed by atoms with Gasteiger partial charge in [0, 0.05) is 37.3 Å². The van der Waals surface area contributed by atoms with Gasteiger partial charge in [0.1, 0.15) is 5.75 Å². The lowest BCUT2D eigenvalue weighted by Crippen LogP contribution is -2.30. The monoisotopic (exact) mass is 405 g/mol. The first-order valence-corrected chi connectivity index (χ1v) is 10.9. The van der Waals surface area contributed by atoms with Crippen LogP contribution in [-0.4, -0.2) is 32.1 Å². The molecule has 0 aliphatic carbocycles. The highest BCUT2D eigenvalue weighted by Gasteiger charge is 2.19. The first kappa shape index (κ1) is 20.3. The van der Waals surface area contributed by atoms with E-state index in [1.807, 2.05) is 19.1 Å². The number of rotatable bonds is 6. The van der Waals surface area contributed by atoms with E-state index in [4.69, 9.17) is 4.74 Å². The van der Waals surface area contributed by atoms with E-state index >= 15 is 0 Å². The molecule has 2 aromatic carbocycles. The van der Waals surface area contributed by atoms with Gasteiger partial charge in [-0.3, -0.25) is 4.79 Å². The first-order chi connectivity index (χ1) is 14.6. The number of carbonyl (C=O) groups is 1. The Bertz CT molecular complexity index is 938. The molecule has 4 rings (SSSR count). The van der Waals surface area contributed by atoms with Gasteiger partial charge in [-0.1, -0.05) is 30.4 Å². The molecule has 2 aliphatic rings. The second kappa shape index (κ2) is 9.24. The van der Waals surface area contributed by atoms with E-state index in [9.17, 15) is 4.79 Å². The highest BCUT2D eigenvalue weighted by Crippen LogP contribution is 2.32. The van der Waals surface area contributed by atoms with Crippen LogP contribution in [0.1, 0.15) is 43.7 Å². The molecule has 2 aliphatic heterocycles. The number of hydrogen-bond acceptors (Lipinski definition) is 4. The van der Waals surface area contributed by atoms with E-state index in [2.05, 4.69) is 52.0 Å². The van der Waals surface area contributed by atoms with Gasteiger partial charge in [-0.2, -0.15) is 0 Å². The minimum absolute atomic E-state index is 0.0633. The van der Waals surface area contributed by atoms with E-state index in [-0.39, 0.29) is 11.9 Å². The maximum Gasteiger partial charge on any atom is 0.226 e. The predicted molar refractivity (Wildman–Crippen MR) is 125 cm³/mol. The number of methoxy groups -OCH3 is 1. The van der Waals surface area contributed by atoms with E-state index in [0.29, 0.717) is 6.42 Å². The Morgan fingerprint density at radius 3 is 3.03 bits per heavy atom. The van der Waals surface area contributed by atoms with Gasteiger partial charge in [0.05, 0.1) is 18.5 Å². The van der Waals surface area contributed by atoms with E-state index in [1.165, 1.54) is 17.7 Å². The highest BCUT2D eigenvalue weighted by atomic mass is 16.5. The normalized spacial score (nSPS) is 18.3. The molecule has 1 amide bonds. The second-order valence-electron chi connectivity index (χ2n) is 8.20. The van der Waals surface area contributed by atoms with Crippen molar-refractivity contribution in [3.63, 3.8) is 0 Å². The van der Waals surface area contributed by atoms with Crippen molar-refractivity contribution in [1.82, 2.24) is 0 Å². The van der Waals surface area contributed by atoms with Gasteiger partial charge in [-0.05, 0) is 55.9 Å². The lowest BCUT2D eigenvalue weighted by Gasteiger charge is -2.31. The Morgan fingerprint density at radius 1 is 1.27 bits per heavy atom. The molecular formula is C25H31N3O2. The maximum absolute atomic E-state index is 12.0. The molecule has 2 aromatic rings. The SMILES string of the molecule is COc1ccc2c(c1)N(CCC/C=C/c1cccc3c1N[C@H](C)CC(=O)N3)CCC2. The third kappa shape index (κ3) is 4.61. The molecule has 2 N–H and O–H groups in total. The molecule has 1 atom stereocenters. The average Bonchev–Trinajstić information content (AvgIpc) is 2.90. The van der Waals surface area contributed by atoms with E-state index in [0.717, 1.165) is 55.0 Å². The summed E-state index contributed by atoms with van der Waals surface area (Å²) in [6.07, 6.45) is 9.37. The van der Waals surface area contributed by atoms with Gasteiger partial charge in [-0.15, -0.1) is 0 Å². The van der Waals surface area contributed by atoms with Crippen LogP contribution < -0.4 is 20.3 Å². The van der Waals surface area contributed by atoms with E-state index < -0.39 is 0 Å². The fourth-order valence-electron chi connectivity index (χ4n) is 4.35. The number of ether oxygens (including phenoxy) is 1. The van der Waals surface area contributed by atoms with Crippen molar-refractivity contribution < 1.29 is 9.53 Å². The van der Waals surface area contributed by atoms with Crippen LogP contribution >= 0.6 is 0 Å². The Kier molecular flexibility index (Phi) is 6.26. The number of para-hydroxylation sites is 1. The fourth-order valence-corrected chi connectivity index (χ4v) is 4.35. The number of nitrogens with zero attached hydrogens (tertiary/aromatic N) is 1. The number of benzene rings is 2. The molecule has 0 unspecified atom stereocenters. The van der Waals surface area contributed by atoms with Gasteiger partial charge in [0.2, 0.25) is 5.91 Å². The van der Waals surface area contributed by atoms with Crippen LogP contribution in [0.4, 0.5) is 17.1 Å². The number of aryl methyl sites for hydroxylation is 1. The summed E-state index contributed by atoms with van der Waals surface area (Å²) in [5.74, 6) is 0.993. The molecule has 30 heavy (non-hydrogen) atoms. The summed E-state index contributed by atoms with van der Waals surface area (Å²) in [4.78, 5) is 14.5. The maximum atomic E-state index is 12.0. The summed E-state index contributed by atoms with van der Waals surface area (Å²) in [7, 11) is 1.73. The first-order valence-electron chi connectivity index (χ1n) is 10.9. The molecule has 0 saturated carbocycles. The third-order valence-electron chi connectivity index (χ3n) is 5.86. The molecule has 2 heterocycles. The van der Waals surface area contributed by atoms with Crippen LogP contribution in [0.25, 0.3) is 6.08 Å². The highest BCUT2D eigenvalue weighted by molar-refractivity contribution is 5.98. The molecule has 0 bridgehead atoms. The van der Waals surface area contributed by atoms with Crippen molar-refractivity contribution in [2.24, 2.45) is 0 Å². The Labute approximate surface area is 179 Å². The van der Waals surface area contributed by atoms with Crippen molar-refractivity contribution >= 4 is 29.0 Å². The predicted octanol–water partition coefficient (Wildman–Crippen LogP) is 5.08. The molecule has 158 valence electrons. The lowest BCUT2D eigenvalue weighted by molar-refractivity contribution is -0.116. The van der Waals surface area contributed by atoms with Crippen LogP contribution in [0.15, 0.2) is 42.5 Å². The van der Waals surface area contributed by atoms with Crippen LogP contribution in [0.3, 0.4) is 0 Å². The third-order valence-corrected chi connectivity index (χ3v) is 5.86. The standard InChI is InChI=1S/C25H31N3O2/c1-18-16-24(29)27-22-11-6-9-20(25(22)26-18)8-4-3-5-14-28-15-7-10-19-12-13-21(30-2)17-23(19)28/h4,6,8-9,11-13,17-18,26H,3,5,7,10,14-16H2,1-2H3,(H,27,29)/b8-4+/t18-/m1/s1. The zero-order chi connectivity index (χ0) is 20.9. The topological polar surface area (TPSA) is 53.6 Å². The quantitative estimate of drug-likeness (QED) is 0.658. The number of amides is 1. The van der Waals surface area contributed by atoms with Crippen molar-refractivity contribution in [1.29, 1.82) is 0 Å². The van der Waals surface area contributed by atoms with Crippen molar-refractivity contribution in [3.05, 3.63) is 53.6 Å². The largest absolute Gasteiger partial charge is 0.497 e. The number of hydrogen-bond donors (Lipinski definition) is 2. The van der Waals surface area contributed by atoms with Gasteiger partial charge < -0.3 is 20.3 Å². The fraction of sp³-hybridized carbons (Fsp3) is 0.400. The Hall–Kier alpha value is -2.95. The summed E-state index contributed by atoms with van der Waals surface area (Å²) < 4.78 is 5.42. The van der Waals surface area contributed by atoms with Gasteiger partial charge in [-0.25, -0.2) is 0 Å². The summed E-state index contributed by atoms with van der Waals surface area (Å²) in [6, 6.07) is 12.6. The molecule has 0 saturated heterocycles. The summed E-state index contributed by atoms with van der Waals surface area (Å²) in [5, 5.41) is 6.49. The Balaban J connectivity index is 1.37. The van der Waals surface area contributed by atoms with Crippen LogP contribution in [0.5, 0.6) is 5.75 Å². The number of carbonyl (C=O) groups excluding carboxylic acids is 1. The van der Waals surface area contributed by atoms with Crippen LogP contribution in [0.2, 0.25) is 0 Å². The average molecular weight is 406 g/mol. The molecule has 0 aromatic heterocycles. The number of unbranched alkanes of at least 4 members (excludes halogenated alkanes) is 1. The molecule has 0 radical (unpaired) electrons. The number of anilines is 3. The molecule has 0 spiro atoms. The van der Waals surface area contributed by atoms with Crippen molar-refractivity contribution in [2.75, 3.05) is 35.7 Å². The van der Waals surface area contributed by atoms with Crippen LogP contribution in [-0.2, 0) is 11.2 Å². The van der Waals surface area contributed by atoms with Crippen LogP contribution in [0, 0.1) is 0 Å². The zero-order valence-electron chi connectivity index (χ0n) is 17.9. The smallest absolute Gasteiger partial charge is 0.226 e. The van der Waals surface area contributed by atoms with Gasteiger partial charge in [0.25, 0.3) is 0 Å². The van der Waals surface area contributed by atoms with Crippen molar-refractivity contribution in [3.8, 4) is 5.75 Å². The molecule has 5 heteroatoms. The summed E-state index contributed by atoms with van der Waals surface area (Å²) in [6.45, 7) is 4.20. The minimum Gasteiger partial charge on any atom is -0.497 e. The van der Waals surface area contributed by atoms with Gasteiger partial charge >= 0.3 is 0 Å². The molecular weight excluding hydrogens is 374 g/mol. The summed E-state index contributed by atoms with van der Waals surface area (Å²) in [5.41, 5.74) is 5.75. The second-order valence-corrected chi connectivity index (χ2v) is 8.20. The summed E-state index contributed by atoms with van der Waals surface area (Å²) >= 11 is 0. The number of fused-ring (bicyclic) bond motifs is 2. The molecule has 0 fully saturated rings. The minimum atomic E-state index is 0.0633. The van der Waals surface area contributed by atoms with E-state index in [1.54, 1.807) is 7.11 Å². The number of nitrogens with one attached hydrogen (secondary N) is 2.